The van der Waals surface area contributed by atoms with Crippen LogP contribution >= 0.6 is 11.8 Å². The van der Waals surface area contributed by atoms with Crippen LogP contribution in [0.5, 0.6) is 0 Å². The fourth-order valence-corrected chi connectivity index (χ4v) is 3.02. The predicted molar refractivity (Wildman–Crippen MR) is 81.6 cm³/mol. The third-order valence-corrected chi connectivity index (χ3v) is 4.08. The largest absolute Gasteiger partial charge is 0.478 e. The fraction of sp³-hybridized carbons (Fsp3) is 0.118. The summed E-state index contributed by atoms with van der Waals surface area (Å²) in [7, 11) is 0. The van der Waals surface area contributed by atoms with Gasteiger partial charge in [0.25, 0.3) is 0 Å². The summed E-state index contributed by atoms with van der Waals surface area (Å²) in [5, 5.41) is 0.702. The van der Waals surface area contributed by atoms with E-state index in [4.69, 9.17) is 4.74 Å². The van der Waals surface area contributed by atoms with Crippen molar-refractivity contribution in [2.75, 3.05) is 5.75 Å². The van der Waals surface area contributed by atoms with E-state index in [-0.39, 0.29) is 11.9 Å². The molecule has 0 aliphatic carbocycles. The molecule has 1 aliphatic rings. The Bertz CT molecular complexity index is 620. The lowest BCUT2D eigenvalue weighted by atomic mass is 10.1. The Hall–Kier alpha value is -2.00. The van der Waals surface area contributed by atoms with Crippen LogP contribution in [-0.4, -0.2) is 11.5 Å². The molecule has 0 spiro atoms. The summed E-state index contributed by atoms with van der Waals surface area (Å²) in [6.45, 7) is 0. The van der Waals surface area contributed by atoms with E-state index in [0.717, 1.165) is 11.3 Å². The van der Waals surface area contributed by atoms with Gasteiger partial charge in [0.1, 0.15) is 6.10 Å². The fourth-order valence-electron chi connectivity index (χ4n) is 2.07. The Labute approximate surface area is 122 Å². The molecule has 0 radical (unpaired) electrons. The lowest BCUT2D eigenvalue weighted by Crippen LogP contribution is -1.99. The van der Waals surface area contributed by atoms with Gasteiger partial charge in [0.15, 0.2) is 10.9 Å². The van der Waals surface area contributed by atoms with E-state index >= 15 is 0 Å². The molecule has 100 valence electrons. The average molecular weight is 282 g/mol. The zero-order chi connectivity index (χ0) is 13.8. The highest BCUT2D eigenvalue weighted by molar-refractivity contribution is 8.03. The number of ether oxygens (including phenoxy) is 1. The predicted octanol–water partition coefficient (Wildman–Crippen LogP) is 4.22. The van der Waals surface area contributed by atoms with Crippen LogP contribution in [0.15, 0.2) is 71.8 Å². The van der Waals surface area contributed by atoms with Gasteiger partial charge in [-0.05, 0) is 5.56 Å². The first-order chi connectivity index (χ1) is 9.83. The molecule has 0 N–H and O–H groups in total. The van der Waals surface area contributed by atoms with E-state index in [1.165, 1.54) is 0 Å². The topological polar surface area (TPSA) is 26.3 Å². The first-order valence-electron chi connectivity index (χ1n) is 6.48. The molecule has 1 unspecified atom stereocenters. The molecule has 0 aromatic heterocycles. The monoisotopic (exact) mass is 282 g/mol. The lowest BCUT2D eigenvalue weighted by molar-refractivity contribution is 0.103. The van der Waals surface area contributed by atoms with Gasteiger partial charge in [0.2, 0.25) is 0 Å². The maximum Gasteiger partial charge on any atom is 0.190 e. The highest BCUT2D eigenvalue weighted by Gasteiger charge is 2.23. The SMILES string of the molecule is O=C(/C=C1/OC(c2ccccc2)CS1)c1ccccc1. The average Bonchev–Trinajstić information content (AvgIpc) is 2.97. The Morgan fingerprint density at radius 2 is 1.70 bits per heavy atom. The van der Waals surface area contributed by atoms with Gasteiger partial charge in [-0.1, -0.05) is 72.4 Å². The van der Waals surface area contributed by atoms with Crippen LogP contribution in [0.2, 0.25) is 0 Å². The van der Waals surface area contributed by atoms with Gasteiger partial charge in [-0.15, -0.1) is 0 Å². The van der Waals surface area contributed by atoms with Crippen molar-refractivity contribution < 1.29 is 9.53 Å². The number of hydrogen-bond acceptors (Lipinski definition) is 3. The summed E-state index contributed by atoms with van der Waals surface area (Å²) in [5.41, 5.74) is 1.84. The molecule has 3 rings (SSSR count). The Balaban J connectivity index is 1.71. The van der Waals surface area contributed by atoms with Crippen molar-refractivity contribution in [1.82, 2.24) is 0 Å². The second kappa shape index (κ2) is 5.97. The summed E-state index contributed by atoms with van der Waals surface area (Å²) >= 11 is 1.59. The van der Waals surface area contributed by atoms with Gasteiger partial charge in [0, 0.05) is 17.4 Å². The second-order valence-electron chi connectivity index (χ2n) is 4.52. The van der Waals surface area contributed by atoms with Crippen molar-refractivity contribution in [3.63, 3.8) is 0 Å². The third kappa shape index (κ3) is 2.94. The van der Waals surface area contributed by atoms with Crippen molar-refractivity contribution in [3.8, 4) is 0 Å². The van der Waals surface area contributed by atoms with Crippen LogP contribution in [0.3, 0.4) is 0 Å². The van der Waals surface area contributed by atoms with Crippen LogP contribution in [0, 0.1) is 0 Å². The number of benzene rings is 2. The summed E-state index contributed by atoms with van der Waals surface area (Å²) in [6.07, 6.45) is 1.62. The highest BCUT2D eigenvalue weighted by Crippen LogP contribution is 2.37. The third-order valence-electron chi connectivity index (χ3n) is 3.11. The maximum atomic E-state index is 12.1. The van der Waals surface area contributed by atoms with Crippen molar-refractivity contribution >= 4 is 17.5 Å². The number of ketones is 1. The summed E-state index contributed by atoms with van der Waals surface area (Å²) in [6, 6.07) is 19.3. The van der Waals surface area contributed by atoms with Gasteiger partial charge in [-0.2, -0.15) is 0 Å². The second-order valence-corrected chi connectivity index (χ2v) is 5.55. The van der Waals surface area contributed by atoms with E-state index in [9.17, 15) is 4.79 Å². The van der Waals surface area contributed by atoms with Gasteiger partial charge >= 0.3 is 0 Å². The smallest absolute Gasteiger partial charge is 0.190 e. The minimum atomic E-state index is -0.0122. The molecule has 1 aliphatic heterocycles. The molecule has 1 saturated heterocycles. The molecule has 1 atom stereocenters. The van der Waals surface area contributed by atoms with Gasteiger partial charge in [-0.3, -0.25) is 4.79 Å². The number of thioether (sulfide) groups is 1. The van der Waals surface area contributed by atoms with Crippen molar-refractivity contribution in [2.24, 2.45) is 0 Å². The first-order valence-corrected chi connectivity index (χ1v) is 7.47. The number of hydrogen-bond donors (Lipinski definition) is 0. The molecule has 1 heterocycles. The summed E-state index contributed by atoms with van der Waals surface area (Å²) < 4.78 is 5.84. The Morgan fingerprint density at radius 3 is 2.40 bits per heavy atom. The molecular formula is C17H14O2S. The summed E-state index contributed by atoms with van der Waals surface area (Å²) in [5.74, 6) is 0.833. The summed E-state index contributed by atoms with van der Waals surface area (Å²) in [4.78, 5) is 12.1. The molecule has 1 fully saturated rings. The molecule has 0 bridgehead atoms. The molecule has 2 aromatic rings. The minimum absolute atomic E-state index is 0.0122. The quantitative estimate of drug-likeness (QED) is 0.623. The van der Waals surface area contributed by atoms with Crippen molar-refractivity contribution in [1.29, 1.82) is 0 Å². The molecule has 2 aromatic carbocycles. The van der Waals surface area contributed by atoms with Crippen LogP contribution in [0.4, 0.5) is 0 Å². The number of allylic oxidation sites excluding steroid dienone is 1. The van der Waals surface area contributed by atoms with Gasteiger partial charge in [0.05, 0.1) is 0 Å². The number of carbonyl (C=O) groups is 1. The Kier molecular flexibility index (Phi) is 3.88. The van der Waals surface area contributed by atoms with E-state index in [1.54, 1.807) is 17.8 Å². The standard InChI is InChI=1S/C17H14O2S/c18-15(13-7-3-1-4-8-13)11-17-19-16(12-20-17)14-9-5-2-6-10-14/h1-11,16H,12H2/b17-11-. The van der Waals surface area contributed by atoms with Crippen molar-refractivity contribution in [3.05, 3.63) is 83.0 Å². The van der Waals surface area contributed by atoms with Crippen LogP contribution in [0.25, 0.3) is 0 Å². The first kappa shape index (κ1) is 13.0. The molecule has 3 heteroatoms. The van der Waals surface area contributed by atoms with Crippen LogP contribution < -0.4 is 0 Å². The molecular weight excluding hydrogens is 268 g/mol. The van der Waals surface area contributed by atoms with E-state index in [0.29, 0.717) is 10.7 Å². The highest BCUT2D eigenvalue weighted by atomic mass is 32.2. The molecule has 0 saturated carbocycles. The molecule has 0 amide bonds. The maximum absolute atomic E-state index is 12.1. The number of carbonyl (C=O) groups excluding carboxylic acids is 1. The zero-order valence-corrected chi connectivity index (χ0v) is 11.7. The van der Waals surface area contributed by atoms with Gasteiger partial charge in [-0.25, -0.2) is 0 Å². The van der Waals surface area contributed by atoms with E-state index in [2.05, 4.69) is 0 Å². The van der Waals surface area contributed by atoms with Gasteiger partial charge < -0.3 is 4.74 Å². The molecule has 20 heavy (non-hydrogen) atoms. The van der Waals surface area contributed by atoms with Crippen molar-refractivity contribution in [2.45, 2.75) is 6.10 Å². The normalized spacial score (nSPS) is 19.8. The Morgan fingerprint density at radius 1 is 1.05 bits per heavy atom. The number of rotatable bonds is 3. The zero-order valence-electron chi connectivity index (χ0n) is 10.9. The van der Waals surface area contributed by atoms with Crippen LogP contribution in [-0.2, 0) is 4.74 Å². The molecule has 2 nitrogen and oxygen atoms in total. The van der Waals surface area contributed by atoms with E-state index in [1.807, 2.05) is 60.7 Å². The minimum Gasteiger partial charge on any atom is -0.478 e. The lowest BCUT2D eigenvalue weighted by Gasteiger charge is -2.09. The van der Waals surface area contributed by atoms with E-state index < -0.39 is 0 Å². The van der Waals surface area contributed by atoms with Crippen LogP contribution in [0.1, 0.15) is 22.0 Å².